The minimum Gasteiger partial charge on any atom is -0.508 e. The number of phenols is 1. The van der Waals surface area contributed by atoms with E-state index in [4.69, 9.17) is 0 Å². The molecule has 3 rings (SSSR count). The number of nitrogens with one attached hydrogen (secondary N) is 2. The molecule has 3 aromatic rings. The van der Waals surface area contributed by atoms with Gasteiger partial charge in [-0.3, -0.25) is 9.59 Å². The van der Waals surface area contributed by atoms with Gasteiger partial charge in [0.05, 0.1) is 11.3 Å². The second kappa shape index (κ2) is 7.55. The summed E-state index contributed by atoms with van der Waals surface area (Å²) in [5.41, 5.74) is -0.693. The molecule has 0 saturated heterocycles. The number of alkyl halides is 3. The van der Waals surface area contributed by atoms with Crippen LogP contribution in [0, 0.1) is 0 Å². The maximum absolute atomic E-state index is 12.8. The first-order valence-electron chi connectivity index (χ1n) is 8.07. The molecule has 0 radical (unpaired) electrons. The van der Waals surface area contributed by atoms with E-state index in [0.717, 1.165) is 12.1 Å². The molecule has 0 fully saturated rings. The predicted octanol–water partition coefficient (Wildman–Crippen LogP) is 3.09. The van der Waals surface area contributed by atoms with Crippen molar-refractivity contribution in [1.29, 1.82) is 0 Å². The molecular formula is C19H14F3N3O3. The molecule has 0 aliphatic rings. The van der Waals surface area contributed by atoms with Gasteiger partial charge in [-0.05, 0) is 48.0 Å². The summed E-state index contributed by atoms with van der Waals surface area (Å²) in [4.78, 5) is 24.3. The Kier molecular flexibility index (Phi) is 5.16. The summed E-state index contributed by atoms with van der Waals surface area (Å²) in [6.45, 7) is -0.181. The molecule has 0 saturated carbocycles. The Bertz CT molecular complexity index is 1060. The molecule has 2 aromatic carbocycles. The predicted molar refractivity (Wildman–Crippen MR) is 94.6 cm³/mol. The maximum Gasteiger partial charge on any atom is 0.416 e. The normalized spacial score (nSPS) is 11.2. The molecule has 0 unspecified atom stereocenters. The molecule has 0 spiro atoms. The second-order valence-corrected chi connectivity index (χ2v) is 5.92. The molecule has 0 bridgehead atoms. The first kappa shape index (κ1) is 19.2. The SMILES string of the molecule is O=C(NCc1cccc(C(F)(F)F)c1)c1cc(-c2ccc(O)cc2)n[nH]c1=O. The van der Waals surface area contributed by atoms with Crippen LogP contribution in [-0.2, 0) is 12.7 Å². The number of halogens is 3. The van der Waals surface area contributed by atoms with Gasteiger partial charge in [-0.15, -0.1) is 0 Å². The summed E-state index contributed by atoms with van der Waals surface area (Å²) < 4.78 is 38.3. The van der Waals surface area contributed by atoms with Gasteiger partial charge in [-0.2, -0.15) is 18.3 Å². The lowest BCUT2D eigenvalue weighted by molar-refractivity contribution is -0.137. The summed E-state index contributed by atoms with van der Waals surface area (Å²) in [6.07, 6.45) is -4.48. The first-order valence-corrected chi connectivity index (χ1v) is 8.07. The van der Waals surface area contributed by atoms with E-state index >= 15 is 0 Å². The largest absolute Gasteiger partial charge is 0.508 e. The Morgan fingerprint density at radius 1 is 1.11 bits per heavy atom. The Balaban J connectivity index is 1.78. The van der Waals surface area contributed by atoms with Crippen molar-refractivity contribution >= 4 is 5.91 Å². The Hall–Kier alpha value is -3.62. The van der Waals surface area contributed by atoms with Crippen LogP contribution in [0.5, 0.6) is 5.75 Å². The van der Waals surface area contributed by atoms with Gasteiger partial charge in [0.2, 0.25) is 0 Å². The lowest BCUT2D eigenvalue weighted by atomic mass is 10.1. The minimum absolute atomic E-state index is 0.0484. The summed E-state index contributed by atoms with van der Waals surface area (Å²) in [5.74, 6) is -0.701. The van der Waals surface area contributed by atoms with Crippen molar-refractivity contribution in [1.82, 2.24) is 15.5 Å². The second-order valence-electron chi connectivity index (χ2n) is 5.92. The highest BCUT2D eigenvalue weighted by Crippen LogP contribution is 2.29. The lowest BCUT2D eigenvalue weighted by Crippen LogP contribution is -2.29. The van der Waals surface area contributed by atoms with Gasteiger partial charge in [0.1, 0.15) is 11.3 Å². The highest BCUT2D eigenvalue weighted by Gasteiger charge is 2.30. The fourth-order valence-electron chi connectivity index (χ4n) is 2.49. The number of H-pyrrole nitrogens is 1. The molecule has 3 N–H and O–H groups in total. The van der Waals surface area contributed by atoms with E-state index in [0.29, 0.717) is 11.3 Å². The zero-order valence-corrected chi connectivity index (χ0v) is 14.2. The number of phenolic OH excluding ortho intramolecular Hbond substituents is 1. The summed E-state index contributed by atoms with van der Waals surface area (Å²) in [5, 5.41) is 17.8. The van der Waals surface area contributed by atoms with Crippen LogP contribution >= 0.6 is 0 Å². The Morgan fingerprint density at radius 2 is 1.82 bits per heavy atom. The minimum atomic E-state index is -4.48. The molecule has 144 valence electrons. The molecule has 6 nitrogen and oxygen atoms in total. The third kappa shape index (κ3) is 4.37. The number of nitrogens with zero attached hydrogens (tertiary/aromatic N) is 1. The van der Waals surface area contributed by atoms with Gasteiger partial charge in [-0.1, -0.05) is 12.1 Å². The van der Waals surface area contributed by atoms with Gasteiger partial charge < -0.3 is 10.4 Å². The monoisotopic (exact) mass is 389 g/mol. The van der Waals surface area contributed by atoms with Crippen LogP contribution in [-0.4, -0.2) is 21.2 Å². The van der Waals surface area contributed by atoms with Crippen molar-refractivity contribution in [3.63, 3.8) is 0 Å². The summed E-state index contributed by atoms with van der Waals surface area (Å²) in [7, 11) is 0. The number of aromatic hydroxyl groups is 1. The van der Waals surface area contributed by atoms with Crippen LogP contribution in [0.2, 0.25) is 0 Å². The molecule has 9 heteroatoms. The van der Waals surface area contributed by atoms with E-state index in [1.54, 1.807) is 12.1 Å². The van der Waals surface area contributed by atoms with E-state index in [2.05, 4.69) is 15.5 Å². The molecule has 0 aliphatic heterocycles. The highest BCUT2D eigenvalue weighted by molar-refractivity contribution is 5.94. The number of aromatic amines is 1. The third-order valence-electron chi connectivity index (χ3n) is 3.92. The zero-order valence-electron chi connectivity index (χ0n) is 14.2. The van der Waals surface area contributed by atoms with E-state index in [1.807, 2.05) is 0 Å². The average Bonchev–Trinajstić information content (AvgIpc) is 2.67. The third-order valence-corrected chi connectivity index (χ3v) is 3.92. The molecule has 0 aliphatic carbocycles. The standard InChI is InChI=1S/C19H14F3N3O3/c20-19(21,22)13-3-1-2-11(8-13)10-23-17(27)15-9-16(24-25-18(15)28)12-4-6-14(26)7-5-12/h1-9,26H,10H2,(H,23,27)(H,25,28). The smallest absolute Gasteiger partial charge is 0.416 e. The summed E-state index contributed by atoms with van der Waals surface area (Å²) >= 11 is 0. The number of amides is 1. The van der Waals surface area contributed by atoms with Gasteiger partial charge in [0.15, 0.2) is 0 Å². The number of aromatic nitrogens is 2. The molecule has 1 aromatic heterocycles. The first-order chi connectivity index (χ1) is 13.2. The zero-order chi connectivity index (χ0) is 20.3. The Labute approximate surface area is 156 Å². The van der Waals surface area contributed by atoms with Crippen molar-refractivity contribution in [2.75, 3.05) is 0 Å². The van der Waals surface area contributed by atoms with Crippen molar-refractivity contribution in [2.24, 2.45) is 0 Å². The van der Waals surface area contributed by atoms with Crippen LogP contribution in [0.25, 0.3) is 11.3 Å². The number of hydrogen-bond acceptors (Lipinski definition) is 4. The molecule has 1 amide bonds. The number of carbonyl (C=O) groups excluding carboxylic acids is 1. The van der Waals surface area contributed by atoms with E-state index in [-0.39, 0.29) is 23.4 Å². The molecule has 1 heterocycles. The number of rotatable bonds is 4. The van der Waals surface area contributed by atoms with Gasteiger partial charge >= 0.3 is 6.18 Å². The van der Waals surface area contributed by atoms with Gasteiger partial charge in [-0.25, -0.2) is 5.10 Å². The van der Waals surface area contributed by atoms with Gasteiger partial charge in [0.25, 0.3) is 11.5 Å². The summed E-state index contributed by atoms with van der Waals surface area (Å²) in [6, 6.07) is 11.8. The van der Waals surface area contributed by atoms with Crippen LogP contribution < -0.4 is 10.9 Å². The molecule has 0 atom stereocenters. The Morgan fingerprint density at radius 3 is 2.50 bits per heavy atom. The van der Waals surface area contributed by atoms with Crippen molar-refractivity contribution in [3.05, 3.63) is 81.6 Å². The van der Waals surface area contributed by atoms with E-state index < -0.39 is 23.2 Å². The topological polar surface area (TPSA) is 95.1 Å². The van der Waals surface area contributed by atoms with Crippen molar-refractivity contribution < 1.29 is 23.1 Å². The number of carbonyl (C=O) groups is 1. The van der Waals surface area contributed by atoms with E-state index in [1.165, 1.54) is 30.3 Å². The van der Waals surface area contributed by atoms with E-state index in [9.17, 15) is 27.9 Å². The lowest BCUT2D eigenvalue weighted by Gasteiger charge is -2.10. The van der Waals surface area contributed by atoms with Gasteiger partial charge in [0, 0.05) is 12.1 Å². The highest BCUT2D eigenvalue weighted by atomic mass is 19.4. The number of hydrogen-bond donors (Lipinski definition) is 3. The van der Waals surface area contributed by atoms with Crippen molar-refractivity contribution in [3.8, 4) is 17.0 Å². The maximum atomic E-state index is 12.8. The fraction of sp³-hybridized carbons (Fsp3) is 0.105. The van der Waals surface area contributed by atoms with Crippen LogP contribution in [0.15, 0.2) is 59.4 Å². The van der Waals surface area contributed by atoms with Crippen LogP contribution in [0.3, 0.4) is 0 Å². The quantitative estimate of drug-likeness (QED) is 0.639. The van der Waals surface area contributed by atoms with Crippen LogP contribution in [0.1, 0.15) is 21.5 Å². The van der Waals surface area contributed by atoms with Crippen LogP contribution in [0.4, 0.5) is 13.2 Å². The number of benzene rings is 2. The average molecular weight is 389 g/mol. The molecule has 28 heavy (non-hydrogen) atoms. The fourth-order valence-corrected chi connectivity index (χ4v) is 2.49. The molecular weight excluding hydrogens is 375 g/mol. The van der Waals surface area contributed by atoms with Crippen molar-refractivity contribution in [2.45, 2.75) is 12.7 Å².